The number of benzene rings is 1. The smallest absolute Gasteiger partial charge is 0.243 e. The zero-order chi connectivity index (χ0) is 19.9. The molecule has 0 aliphatic carbocycles. The Labute approximate surface area is 162 Å². The number of methoxy groups -OCH3 is 1. The van der Waals surface area contributed by atoms with Crippen molar-refractivity contribution < 1.29 is 17.9 Å². The normalized spacial score (nSPS) is 11.6. The molecule has 9 nitrogen and oxygen atoms in total. The van der Waals surface area contributed by atoms with E-state index >= 15 is 0 Å². The molecule has 2 aromatic rings. The maximum atomic E-state index is 12.8. The van der Waals surface area contributed by atoms with Crippen molar-refractivity contribution in [1.82, 2.24) is 24.8 Å². The highest BCUT2D eigenvalue weighted by molar-refractivity contribution is 7.99. The fourth-order valence-corrected chi connectivity index (χ4v) is 4.47. The summed E-state index contributed by atoms with van der Waals surface area (Å²) in [6, 6.07) is 4.63. The maximum absolute atomic E-state index is 12.8. The second-order valence-corrected chi connectivity index (χ2v) is 8.57. The lowest BCUT2D eigenvalue weighted by Crippen LogP contribution is -2.41. The van der Waals surface area contributed by atoms with Crippen LogP contribution in [-0.2, 0) is 14.8 Å². The summed E-state index contributed by atoms with van der Waals surface area (Å²) in [6.45, 7) is 3.81. The molecular formula is C16H23N5O4S2. The molecular weight excluding hydrogens is 390 g/mol. The van der Waals surface area contributed by atoms with E-state index in [2.05, 4.69) is 20.5 Å². The molecule has 1 aromatic carbocycles. The largest absolute Gasteiger partial charge is 0.496 e. The Morgan fingerprint density at radius 3 is 2.78 bits per heavy atom. The van der Waals surface area contributed by atoms with Gasteiger partial charge < -0.3 is 10.1 Å². The van der Waals surface area contributed by atoms with Crippen molar-refractivity contribution in [1.29, 1.82) is 0 Å². The highest BCUT2D eigenvalue weighted by Crippen LogP contribution is 2.23. The average molecular weight is 414 g/mol. The fourth-order valence-electron chi connectivity index (χ4n) is 2.35. The van der Waals surface area contributed by atoms with Crippen molar-refractivity contribution in [2.45, 2.75) is 23.9 Å². The zero-order valence-electron chi connectivity index (χ0n) is 15.4. The van der Waals surface area contributed by atoms with E-state index in [1.165, 1.54) is 31.3 Å². The molecule has 2 N–H and O–H groups in total. The van der Waals surface area contributed by atoms with Crippen molar-refractivity contribution in [3.63, 3.8) is 0 Å². The number of carbonyl (C=O) groups excluding carboxylic acids is 1. The summed E-state index contributed by atoms with van der Waals surface area (Å²) < 4.78 is 31.9. The zero-order valence-corrected chi connectivity index (χ0v) is 17.1. The number of hydrogen-bond acceptors (Lipinski definition) is 7. The number of sulfonamides is 1. The van der Waals surface area contributed by atoms with Gasteiger partial charge >= 0.3 is 0 Å². The summed E-state index contributed by atoms with van der Waals surface area (Å²) in [5, 5.41) is 9.82. The third-order valence-corrected chi connectivity index (χ3v) is 6.53. The van der Waals surface area contributed by atoms with E-state index in [-0.39, 0.29) is 23.9 Å². The molecule has 0 saturated carbocycles. The van der Waals surface area contributed by atoms with Crippen LogP contribution < -0.4 is 10.1 Å². The van der Waals surface area contributed by atoms with Gasteiger partial charge in [0.25, 0.3) is 0 Å². The first kappa shape index (κ1) is 21.2. The summed E-state index contributed by atoms with van der Waals surface area (Å²) in [5.41, 5.74) is 0.712. The number of rotatable bonds is 10. The van der Waals surface area contributed by atoms with Crippen LogP contribution in [0.1, 0.15) is 12.5 Å². The van der Waals surface area contributed by atoms with Crippen LogP contribution in [0.25, 0.3) is 0 Å². The molecule has 0 bridgehead atoms. The molecule has 0 atom stereocenters. The minimum Gasteiger partial charge on any atom is -0.496 e. The molecule has 1 aromatic heterocycles. The van der Waals surface area contributed by atoms with Crippen LogP contribution in [0.2, 0.25) is 0 Å². The predicted octanol–water partition coefficient (Wildman–Crippen LogP) is 1.04. The SMILES string of the molecule is CCN(CC(=O)NCCSc1ncn[nH]1)S(=O)(=O)c1ccc(OC)c(C)c1. The van der Waals surface area contributed by atoms with Gasteiger partial charge in [-0.25, -0.2) is 13.4 Å². The van der Waals surface area contributed by atoms with Crippen molar-refractivity contribution in [2.24, 2.45) is 0 Å². The number of hydrogen-bond donors (Lipinski definition) is 2. The van der Waals surface area contributed by atoms with Gasteiger partial charge in [0, 0.05) is 18.8 Å². The first-order chi connectivity index (χ1) is 12.9. The van der Waals surface area contributed by atoms with Gasteiger partial charge in [0.2, 0.25) is 15.9 Å². The highest BCUT2D eigenvalue weighted by Gasteiger charge is 2.25. The summed E-state index contributed by atoms with van der Waals surface area (Å²) in [4.78, 5) is 16.2. The number of thioether (sulfide) groups is 1. The summed E-state index contributed by atoms with van der Waals surface area (Å²) in [6.07, 6.45) is 1.41. The van der Waals surface area contributed by atoms with Crippen molar-refractivity contribution in [3.8, 4) is 5.75 Å². The lowest BCUT2D eigenvalue weighted by atomic mass is 10.2. The molecule has 11 heteroatoms. The van der Waals surface area contributed by atoms with Gasteiger partial charge in [-0.05, 0) is 30.7 Å². The van der Waals surface area contributed by atoms with Crippen LogP contribution in [0.15, 0.2) is 34.6 Å². The number of H-pyrrole nitrogens is 1. The minimum atomic E-state index is -3.77. The monoisotopic (exact) mass is 413 g/mol. The van der Waals surface area contributed by atoms with Crippen molar-refractivity contribution in [3.05, 3.63) is 30.1 Å². The fraction of sp³-hybridized carbons (Fsp3) is 0.438. The van der Waals surface area contributed by atoms with E-state index in [1.54, 1.807) is 26.0 Å². The molecule has 148 valence electrons. The molecule has 0 aliphatic rings. The molecule has 0 unspecified atom stereocenters. The standard InChI is InChI=1S/C16H23N5O4S2/c1-4-21(10-15(22)17-7-8-26-16-18-11-19-20-16)27(23,24)13-5-6-14(25-3)12(2)9-13/h5-6,9,11H,4,7-8,10H2,1-3H3,(H,17,22)(H,18,19,20). The molecule has 1 amide bonds. The maximum Gasteiger partial charge on any atom is 0.243 e. The molecule has 1 heterocycles. The number of nitrogens with zero attached hydrogens (tertiary/aromatic N) is 3. The number of amides is 1. The van der Waals surface area contributed by atoms with Gasteiger partial charge in [0.1, 0.15) is 12.1 Å². The van der Waals surface area contributed by atoms with Gasteiger partial charge in [-0.1, -0.05) is 18.7 Å². The number of likely N-dealkylation sites (N-methyl/N-ethyl adjacent to an activating group) is 1. The van der Waals surface area contributed by atoms with Gasteiger partial charge in [-0.15, -0.1) is 0 Å². The van der Waals surface area contributed by atoms with Crippen LogP contribution >= 0.6 is 11.8 Å². The second-order valence-electron chi connectivity index (χ2n) is 5.55. The van der Waals surface area contributed by atoms with Crippen LogP contribution in [0, 0.1) is 6.92 Å². The Kier molecular flexibility index (Phi) is 7.63. The molecule has 0 radical (unpaired) electrons. The number of aromatic nitrogens is 3. The Morgan fingerprint density at radius 1 is 1.41 bits per heavy atom. The molecule has 0 fully saturated rings. The lowest BCUT2D eigenvalue weighted by molar-refractivity contribution is -0.121. The van der Waals surface area contributed by atoms with E-state index in [4.69, 9.17) is 4.74 Å². The number of aryl methyl sites for hydroxylation is 1. The first-order valence-electron chi connectivity index (χ1n) is 8.28. The van der Waals surface area contributed by atoms with E-state index in [9.17, 15) is 13.2 Å². The Hall–Kier alpha value is -2.11. The highest BCUT2D eigenvalue weighted by atomic mass is 32.2. The third kappa shape index (κ3) is 5.68. The van der Waals surface area contributed by atoms with Gasteiger partial charge in [0.05, 0.1) is 18.6 Å². The van der Waals surface area contributed by atoms with E-state index in [0.717, 1.165) is 4.31 Å². The Bertz CT molecular complexity index is 856. The molecule has 2 rings (SSSR count). The Morgan fingerprint density at radius 2 is 2.19 bits per heavy atom. The van der Waals surface area contributed by atoms with Crippen molar-refractivity contribution >= 4 is 27.7 Å². The van der Waals surface area contributed by atoms with Crippen LogP contribution in [0.3, 0.4) is 0 Å². The number of carbonyl (C=O) groups is 1. The van der Waals surface area contributed by atoms with Gasteiger partial charge in [-0.2, -0.15) is 9.40 Å². The van der Waals surface area contributed by atoms with Crippen LogP contribution in [0.4, 0.5) is 0 Å². The molecule has 0 spiro atoms. The van der Waals surface area contributed by atoms with E-state index in [0.29, 0.717) is 28.8 Å². The lowest BCUT2D eigenvalue weighted by Gasteiger charge is -2.20. The second kappa shape index (κ2) is 9.72. The number of ether oxygens (including phenoxy) is 1. The van der Waals surface area contributed by atoms with E-state index < -0.39 is 10.0 Å². The Balaban J connectivity index is 1.93. The van der Waals surface area contributed by atoms with Crippen LogP contribution in [-0.4, -0.2) is 66.3 Å². The number of nitrogens with one attached hydrogen (secondary N) is 2. The van der Waals surface area contributed by atoms with Crippen LogP contribution in [0.5, 0.6) is 5.75 Å². The average Bonchev–Trinajstić information content (AvgIpc) is 3.16. The summed E-state index contributed by atoms with van der Waals surface area (Å²) >= 11 is 1.41. The molecule has 27 heavy (non-hydrogen) atoms. The third-order valence-electron chi connectivity index (χ3n) is 3.73. The molecule has 0 saturated heterocycles. The summed E-state index contributed by atoms with van der Waals surface area (Å²) in [5.74, 6) is 0.847. The van der Waals surface area contributed by atoms with E-state index in [1.807, 2.05) is 0 Å². The van der Waals surface area contributed by atoms with Gasteiger partial charge in [0.15, 0.2) is 5.16 Å². The predicted molar refractivity (Wildman–Crippen MR) is 102 cm³/mol. The summed E-state index contributed by atoms with van der Waals surface area (Å²) in [7, 11) is -2.24. The number of aromatic amines is 1. The first-order valence-corrected chi connectivity index (χ1v) is 10.7. The quantitative estimate of drug-likeness (QED) is 0.441. The van der Waals surface area contributed by atoms with Crippen molar-refractivity contribution in [2.75, 3.05) is 32.5 Å². The topological polar surface area (TPSA) is 117 Å². The minimum absolute atomic E-state index is 0.135. The van der Waals surface area contributed by atoms with Gasteiger partial charge in [-0.3, -0.25) is 9.89 Å². The molecule has 0 aliphatic heterocycles.